The van der Waals surface area contributed by atoms with Gasteiger partial charge in [-0.3, -0.25) is 4.79 Å². The fourth-order valence-electron chi connectivity index (χ4n) is 5.13. The van der Waals surface area contributed by atoms with Crippen molar-refractivity contribution >= 4 is 11.9 Å². The summed E-state index contributed by atoms with van der Waals surface area (Å²) in [5.41, 5.74) is 0.754. The number of hydrogen-bond acceptors (Lipinski definition) is 5. The Labute approximate surface area is 183 Å². The summed E-state index contributed by atoms with van der Waals surface area (Å²) in [4.78, 5) is 13.2. The van der Waals surface area contributed by atoms with Crippen LogP contribution >= 0.6 is 0 Å². The molecule has 0 saturated heterocycles. The minimum Gasteiger partial charge on any atom is -0.507 e. The van der Waals surface area contributed by atoms with E-state index in [1.807, 2.05) is 30.3 Å². The van der Waals surface area contributed by atoms with Crippen LogP contribution in [0, 0.1) is 11.8 Å². The van der Waals surface area contributed by atoms with E-state index in [0.717, 1.165) is 17.5 Å². The maximum atomic E-state index is 13.2. The standard InChI is InChI=1S/C26H30O5/c1-15(2)17-12-13-26(3,29)25-21(17)23-20(30-4)14-19(28)22(24(23)31-25)18(27)11-10-16-8-6-5-7-9-16/h5-11,14-15,17,21,25,28-29H,12-13H2,1-4H3/b11-10+/t17-,21+,25-,26-/m0/s1. The van der Waals surface area contributed by atoms with E-state index in [1.54, 1.807) is 20.1 Å². The number of ketones is 1. The Hall–Kier alpha value is -2.79. The van der Waals surface area contributed by atoms with Crippen LogP contribution in [-0.4, -0.2) is 34.8 Å². The Morgan fingerprint density at radius 1 is 1.29 bits per heavy atom. The lowest BCUT2D eigenvalue weighted by Crippen LogP contribution is -2.51. The molecular formula is C26H30O5. The zero-order valence-corrected chi connectivity index (χ0v) is 18.5. The number of carbonyl (C=O) groups is 1. The van der Waals surface area contributed by atoms with Gasteiger partial charge in [0, 0.05) is 17.5 Å². The molecule has 164 valence electrons. The Morgan fingerprint density at radius 2 is 2.00 bits per heavy atom. The van der Waals surface area contributed by atoms with Crippen molar-refractivity contribution in [3.8, 4) is 17.2 Å². The van der Waals surface area contributed by atoms with E-state index < -0.39 is 11.7 Å². The first-order valence-electron chi connectivity index (χ1n) is 10.8. The van der Waals surface area contributed by atoms with E-state index in [9.17, 15) is 15.0 Å². The SMILES string of the molecule is COc1cc(O)c(C(=O)/C=C/c2ccccc2)c2c1[C@H]1[C@H](C(C)C)CC[C@](C)(O)[C@H]1O2. The second-order valence-corrected chi connectivity index (χ2v) is 9.19. The molecule has 4 rings (SSSR count). The van der Waals surface area contributed by atoms with Gasteiger partial charge in [0.1, 0.15) is 28.9 Å². The molecule has 0 amide bonds. The number of hydrogen-bond donors (Lipinski definition) is 2. The fraction of sp³-hybridized carbons (Fsp3) is 0.423. The average molecular weight is 423 g/mol. The van der Waals surface area contributed by atoms with Crippen LogP contribution in [0.25, 0.3) is 6.08 Å². The minimum atomic E-state index is -1.03. The Balaban J connectivity index is 1.82. The van der Waals surface area contributed by atoms with E-state index in [0.29, 0.717) is 23.8 Å². The summed E-state index contributed by atoms with van der Waals surface area (Å²) in [7, 11) is 1.55. The van der Waals surface area contributed by atoms with Crippen LogP contribution in [0.5, 0.6) is 17.2 Å². The molecule has 5 nitrogen and oxygen atoms in total. The minimum absolute atomic E-state index is 0.112. The lowest BCUT2D eigenvalue weighted by atomic mass is 9.65. The van der Waals surface area contributed by atoms with Crippen molar-refractivity contribution < 1.29 is 24.5 Å². The van der Waals surface area contributed by atoms with Gasteiger partial charge in [-0.25, -0.2) is 0 Å². The quantitative estimate of drug-likeness (QED) is 0.526. The van der Waals surface area contributed by atoms with Crippen molar-refractivity contribution in [3.05, 3.63) is 59.2 Å². The molecule has 0 spiro atoms. The number of allylic oxidation sites excluding steroid dienone is 1. The van der Waals surface area contributed by atoms with Crippen LogP contribution in [-0.2, 0) is 0 Å². The van der Waals surface area contributed by atoms with Gasteiger partial charge < -0.3 is 19.7 Å². The summed E-state index contributed by atoms with van der Waals surface area (Å²) in [6.07, 6.45) is 4.14. The van der Waals surface area contributed by atoms with Crippen molar-refractivity contribution in [2.24, 2.45) is 11.8 Å². The fourth-order valence-corrected chi connectivity index (χ4v) is 5.13. The number of aromatic hydroxyl groups is 1. The Bertz CT molecular complexity index is 1010. The monoisotopic (exact) mass is 422 g/mol. The van der Waals surface area contributed by atoms with Gasteiger partial charge in [-0.2, -0.15) is 0 Å². The summed E-state index contributed by atoms with van der Waals surface area (Å²) in [6, 6.07) is 11.0. The molecule has 5 heteroatoms. The predicted octanol–water partition coefficient (Wildman–Crippen LogP) is 4.96. The molecule has 2 aromatic carbocycles. The highest BCUT2D eigenvalue weighted by molar-refractivity contribution is 6.11. The highest BCUT2D eigenvalue weighted by atomic mass is 16.5. The maximum absolute atomic E-state index is 13.2. The second-order valence-electron chi connectivity index (χ2n) is 9.19. The second kappa shape index (κ2) is 8.04. The largest absolute Gasteiger partial charge is 0.507 e. The van der Waals surface area contributed by atoms with Crippen LogP contribution in [0.2, 0.25) is 0 Å². The van der Waals surface area contributed by atoms with Crippen molar-refractivity contribution in [1.82, 2.24) is 0 Å². The van der Waals surface area contributed by atoms with Gasteiger partial charge in [0.25, 0.3) is 0 Å². The van der Waals surface area contributed by atoms with Gasteiger partial charge in [-0.15, -0.1) is 0 Å². The van der Waals surface area contributed by atoms with Crippen LogP contribution < -0.4 is 9.47 Å². The lowest BCUT2D eigenvalue weighted by molar-refractivity contribution is -0.0919. The predicted molar refractivity (Wildman–Crippen MR) is 120 cm³/mol. The highest BCUT2D eigenvalue weighted by Crippen LogP contribution is 2.58. The van der Waals surface area contributed by atoms with E-state index in [4.69, 9.17) is 9.47 Å². The van der Waals surface area contributed by atoms with Crippen molar-refractivity contribution in [2.45, 2.75) is 51.2 Å². The van der Waals surface area contributed by atoms with Crippen molar-refractivity contribution in [3.63, 3.8) is 0 Å². The van der Waals surface area contributed by atoms with Crippen LogP contribution in [0.3, 0.4) is 0 Å². The number of ether oxygens (including phenoxy) is 2. The van der Waals surface area contributed by atoms with Gasteiger partial charge in [0.15, 0.2) is 5.78 Å². The van der Waals surface area contributed by atoms with Gasteiger partial charge >= 0.3 is 0 Å². The van der Waals surface area contributed by atoms with Gasteiger partial charge in [-0.1, -0.05) is 50.3 Å². The summed E-state index contributed by atoms with van der Waals surface area (Å²) in [6.45, 7) is 6.12. The number of rotatable bonds is 5. The molecule has 0 radical (unpaired) electrons. The molecule has 0 aromatic heterocycles. The van der Waals surface area contributed by atoms with Crippen LogP contribution in [0.1, 0.15) is 61.0 Å². The molecule has 4 atom stereocenters. The molecule has 2 aliphatic rings. The van der Waals surface area contributed by atoms with E-state index >= 15 is 0 Å². The Kier molecular flexibility index (Phi) is 5.56. The first-order chi connectivity index (χ1) is 14.7. The van der Waals surface area contributed by atoms with E-state index in [2.05, 4.69) is 13.8 Å². The number of aliphatic hydroxyl groups is 1. The zero-order chi connectivity index (χ0) is 22.3. The van der Waals surface area contributed by atoms with E-state index in [1.165, 1.54) is 12.1 Å². The van der Waals surface area contributed by atoms with Gasteiger partial charge in [-0.05, 0) is 43.2 Å². The van der Waals surface area contributed by atoms with Crippen LogP contribution in [0.15, 0.2) is 42.5 Å². The first kappa shape index (κ1) is 21.4. The molecule has 0 unspecified atom stereocenters. The van der Waals surface area contributed by atoms with Crippen LogP contribution in [0.4, 0.5) is 0 Å². The van der Waals surface area contributed by atoms with E-state index in [-0.39, 0.29) is 28.9 Å². The van der Waals surface area contributed by atoms with Gasteiger partial charge in [0.05, 0.1) is 12.7 Å². The molecule has 31 heavy (non-hydrogen) atoms. The third kappa shape index (κ3) is 3.72. The smallest absolute Gasteiger partial charge is 0.193 e. The molecule has 1 heterocycles. The number of fused-ring (bicyclic) bond motifs is 3. The average Bonchev–Trinajstić information content (AvgIpc) is 3.13. The number of phenols is 1. The number of methoxy groups -OCH3 is 1. The molecule has 1 aliphatic heterocycles. The highest BCUT2D eigenvalue weighted by Gasteiger charge is 2.55. The molecule has 2 aromatic rings. The molecular weight excluding hydrogens is 392 g/mol. The number of phenolic OH excluding ortho intramolecular Hbond substituents is 1. The van der Waals surface area contributed by atoms with Crippen molar-refractivity contribution in [1.29, 1.82) is 0 Å². The third-order valence-electron chi connectivity index (χ3n) is 6.77. The first-order valence-corrected chi connectivity index (χ1v) is 10.8. The molecule has 1 saturated carbocycles. The summed E-state index contributed by atoms with van der Waals surface area (Å²) >= 11 is 0. The molecule has 1 aliphatic carbocycles. The third-order valence-corrected chi connectivity index (χ3v) is 6.77. The van der Waals surface area contributed by atoms with Crippen molar-refractivity contribution in [2.75, 3.05) is 7.11 Å². The molecule has 2 N–H and O–H groups in total. The molecule has 1 fully saturated rings. The molecule has 0 bridgehead atoms. The lowest BCUT2D eigenvalue weighted by Gasteiger charge is -2.44. The number of carbonyl (C=O) groups excluding carboxylic acids is 1. The zero-order valence-electron chi connectivity index (χ0n) is 18.5. The Morgan fingerprint density at radius 3 is 2.65 bits per heavy atom. The summed E-state index contributed by atoms with van der Waals surface area (Å²) in [5.74, 6) is 0.826. The number of benzene rings is 2. The maximum Gasteiger partial charge on any atom is 0.193 e. The normalized spacial score (nSPS) is 27.1. The summed E-state index contributed by atoms with van der Waals surface area (Å²) in [5, 5.41) is 21.8. The topological polar surface area (TPSA) is 76.0 Å². The summed E-state index contributed by atoms with van der Waals surface area (Å²) < 4.78 is 11.9. The van der Waals surface area contributed by atoms with Gasteiger partial charge in [0.2, 0.25) is 0 Å².